The van der Waals surface area contributed by atoms with E-state index in [0.29, 0.717) is 11.5 Å². The normalized spacial score (nSPS) is 15.0. The first-order valence-corrected chi connectivity index (χ1v) is 11.2. The summed E-state index contributed by atoms with van der Waals surface area (Å²) in [5, 5.41) is 19.8. The quantitative estimate of drug-likeness (QED) is 0.364. The number of nitrogens with one attached hydrogen (secondary N) is 3. The standard InChI is InChI=1S/C24H28N8O2/c1-30-8-10-32(11-9-30)14-17-6-7-19(23-22(17)25-15-26-23)27-24(34)28-21-13-20(31(2)29-21)16-4-3-5-18(33)12-16/h3-7,12-13,15,33H,8-11,14H2,1-2H3,(H,25,26)(H2,27,28,29,34). The average Bonchev–Trinajstić information content (AvgIpc) is 3.44. The number of anilines is 2. The predicted octanol–water partition coefficient (Wildman–Crippen LogP) is 3.06. The summed E-state index contributed by atoms with van der Waals surface area (Å²) in [5.41, 5.74) is 5.01. The van der Waals surface area contributed by atoms with E-state index in [4.69, 9.17) is 0 Å². The Kier molecular flexibility index (Phi) is 5.91. The van der Waals surface area contributed by atoms with Gasteiger partial charge in [0.25, 0.3) is 0 Å². The Labute approximate surface area is 197 Å². The van der Waals surface area contributed by atoms with Crippen LogP contribution < -0.4 is 10.6 Å². The van der Waals surface area contributed by atoms with Crippen LogP contribution in [0.4, 0.5) is 16.3 Å². The summed E-state index contributed by atoms with van der Waals surface area (Å²) in [7, 11) is 3.93. The fourth-order valence-electron chi connectivity index (χ4n) is 4.30. The van der Waals surface area contributed by atoms with Crippen molar-refractivity contribution in [3.63, 3.8) is 0 Å². The van der Waals surface area contributed by atoms with Crippen LogP contribution in [0, 0.1) is 0 Å². The van der Waals surface area contributed by atoms with Crippen molar-refractivity contribution in [2.75, 3.05) is 43.9 Å². The third kappa shape index (κ3) is 4.59. The second kappa shape index (κ2) is 9.16. The van der Waals surface area contributed by atoms with Gasteiger partial charge in [0.1, 0.15) is 11.3 Å². The van der Waals surface area contributed by atoms with Crippen molar-refractivity contribution in [1.82, 2.24) is 29.5 Å². The van der Waals surface area contributed by atoms with Gasteiger partial charge in [0.2, 0.25) is 0 Å². The first kappa shape index (κ1) is 21.9. The average molecular weight is 461 g/mol. The molecule has 34 heavy (non-hydrogen) atoms. The first-order valence-electron chi connectivity index (χ1n) is 11.2. The van der Waals surface area contributed by atoms with Gasteiger partial charge in [-0.1, -0.05) is 18.2 Å². The van der Waals surface area contributed by atoms with Crippen LogP contribution >= 0.6 is 0 Å². The van der Waals surface area contributed by atoms with Crippen molar-refractivity contribution in [3.05, 3.63) is 54.4 Å². The van der Waals surface area contributed by atoms with E-state index in [0.717, 1.165) is 60.6 Å². The molecule has 5 rings (SSSR count). The minimum absolute atomic E-state index is 0.171. The molecule has 1 aliphatic rings. The zero-order valence-corrected chi connectivity index (χ0v) is 19.2. The largest absolute Gasteiger partial charge is 0.508 e. The number of hydrogen-bond donors (Lipinski definition) is 4. The molecule has 1 fully saturated rings. The Bertz CT molecular complexity index is 1320. The van der Waals surface area contributed by atoms with Crippen LogP contribution in [0.25, 0.3) is 22.3 Å². The second-order valence-corrected chi connectivity index (χ2v) is 8.65. The van der Waals surface area contributed by atoms with Gasteiger partial charge in [-0.2, -0.15) is 5.10 Å². The number of likely N-dealkylation sites (N-methyl/N-ethyl adjacent to an activating group) is 1. The minimum atomic E-state index is -0.406. The maximum absolute atomic E-state index is 12.7. The molecule has 176 valence electrons. The highest BCUT2D eigenvalue weighted by atomic mass is 16.3. The van der Waals surface area contributed by atoms with Crippen LogP contribution in [0.2, 0.25) is 0 Å². The highest BCUT2D eigenvalue weighted by Crippen LogP contribution is 2.27. The van der Waals surface area contributed by atoms with Crippen LogP contribution in [-0.4, -0.2) is 73.9 Å². The molecule has 0 saturated carbocycles. The Morgan fingerprint density at radius 1 is 1.09 bits per heavy atom. The summed E-state index contributed by atoms with van der Waals surface area (Å²) < 4.78 is 1.66. The molecule has 0 aliphatic carbocycles. The molecule has 10 heteroatoms. The molecule has 3 heterocycles. The summed E-state index contributed by atoms with van der Waals surface area (Å²) in [4.78, 5) is 25.2. The number of H-pyrrole nitrogens is 1. The van der Waals surface area contributed by atoms with Crippen molar-refractivity contribution in [1.29, 1.82) is 0 Å². The van der Waals surface area contributed by atoms with E-state index in [9.17, 15) is 9.90 Å². The number of aromatic amines is 1. The minimum Gasteiger partial charge on any atom is -0.508 e. The summed E-state index contributed by atoms with van der Waals surface area (Å²) in [6, 6.07) is 12.2. The van der Waals surface area contributed by atoms with Gasteiger partial charge in [-0.15, -0.1) is 0 Å². The van der Waals surface area contributed by atoms with E-state index in [1.165, 1.54) is 0 Å². The molecule has 2 amide bonds. The number of aryl methyl sites for hydroxylation is 1. The number of carbonyl (C=O) groups is 1. The van der Waals surface area contributed by atoms with Crippen molar-refractivity contribution >= 4 is 28.6 Å². The molecular weight excluding hydrogens is 432 g/mol. The fraction of sp³-hybridized carbons (Fsp3) is 0.292. The monoisotopic (exact) mass is 460 g/mol. The van der Waals surface area contributed by atoms with E-state index in [2.05, 4.69) is 42.5 Å². The molecule has 0 radical (unpaired) electrons. The molecule has 0 bridgehead atoms. The van der Waals surface area contributed by atoms with E-state index in [1.807, 2.05) is 18.2 Å². The summed E-state index contributed by atoms with van der Waals surface area (Å²) >= 11 is 0. The van der Waals surface area contributed by atoms with Crippen LogP contribution in [0.1, 0.15) is 5.56 Å². The predicted molar refractivity (Wildman–Crippen MR) is 132 cm³/mol. The van der Waals surface area contributed by atoms with E-state index in [1.54, 1.807) is 42.3 Å². The molecule has 2 aromatic heterocycles. The number of fused-ring (bicyclic) bond motifs is 1. The molecule has 0 spiro atoms. The van der Waals surface area contributed by atoms with Crippen LogP contribution in [0.15, 0.2) is 48.8 Å². The van der Waals surface area contributed by atoms with Gasteiger partial charge in [0, 0.05) is 51.4 Å². The van der Waals surface area contributed by atoms with Gasteiger partial charge in [0.15, 0.2) is 5.82 Å². The number of phenols is 1. The zero-order chi connectivity index (χ0) is 23.7. The second-order valence-electron chi connectivity index (χ2n) is 8.65. The maximum atomic E-state index is 12.7. The smallest absolute Gasteiger partial charge is 0.324 e. The number of nitrogens with zero attached hydrogens (tertiary/aromatic N) is 5. The number of benzene rings is 2. The lowest BCUT2D eigenvalue weighted by Crippen LogP contribution is -2.43. The van der Waals surface area contributed by atoms with Gasteiger partial charge < -0.3 is 20.3 Å². The van der Waals surface area contributed by atoms with Crippen LogP contribution in [-0.2, 0) is 13.6 Å². The van der Waals surface area contributed by atoms with E-state index >= 15 is 0 Å². The first-order chi connectivity index (χ1) is 16.5. The molecule has 0 unspecified atom stereocenters. The van der Waals surface area contributed by atoms with Crippen LogP contribution in [0.5, 0.6) is 5.75 Å². The number of hydrogen-bond acceptors (Lipinski definition) is 6. The fourth-order valence-corrected chi connectivity index (χ4v) is 4.30. The number of rotatable bonds is 5. The Morgan fingerprint density at radius 3 is 2.71 bits per heavy atom. The lowest BCUT2D eigenvalue weighted by atomic mass is 10.1. The number of amides is 2. The van der Waals surface area contributed by atoms with Crippen molar-refractivity contribution in [3.8, 4) is 17.0 Å². The SMILES string of the molecule is CN1CCN(Cc2ccc(NC(=O)Nc3cc(-c4cccc(O)c4)n(C)n3)c3nc[nH]c23)CC1. The van der Waals surface area contributed by atoms with Crippen LogP contribution in [0.3, 0.4) is 0 Å². The molecule has 10 nitrogen and oxygen atoms in total. The number of urea groups is 1. The molecule has 4 N–H and O–H groups in total. The van der Waals surface area contributed by atoms with Crippen molar-refractivity contribution < 1.29 is 9.90 Å². The van der Waals surface area contributed by atoms with Gasteiger partial charge in [-0.05, 0) is 30.8 Å². The Hall–Kier alpha value is -3.89. The number of piperazine rings is 1. The highest BCUT2D eigenvalue weighted by molar-refractivity contribution is 6.04. The summed E-state index contributed by atoms with van der Waals surface area (Å²) in [5.74, 6) is 0.577. The number of aromatic nitrogens is 4. The number of aromatic hydroxyl groups is 1. The van der Waals surface area contributed by atoms with Crippen molar-refractivity contribution in [2.45, 2.75) is 6.54 Å². The van der Waals surface area contributed by atoms with Gasteiger partial charge in [-0.3, -0.25) is 14.9 Å². The number of phenolic OH excluding ortho intramolecular Hbond substituents is 1. The van der Waals surface area contributed by atoms with E-state index < -0.39 is 6.03 Å². The number of carbonyl (C=O) groups excluding carboxylic acids is 1. The molecule has 1 saturated heterocycles. The lowest BCUT2D eigenvalue weighted by molar-refractivity contribution is 0.148. The maximum Gasteiger partial charge on any atom is 0.324 e. The summed E-state index contributed by atoms with van der Waals surface area (Å²) in [6.45, 7) is 5.02. The Morgan fingerprint density at radius 2 is 1.91 bits per heavy atom. The third-order valence-electron chi connectivity index (χ3n) is 6.17. The zero-order valence-electron chi connectivity index (χ0n) is 19.2. The third-order valence-corrected chi connectivity index (χ3v) is 6.17. The Balaban J connectivity index is 1.29. The molecule has 4 aromatic rings. The van der Waals surface area contributed by atoms with Gasteiger partial charge in [0.05, 0.1) is 23.2 Å². The van der Waals surface area contributed by atoms with E-state index in [-0.39, 0.29) is 5.75 Å². The van der Waals surface area contributed by atoms with Crippen molar-refractivity contribution in [2.24, 2.45) is 7.05 Å². The van der Waals surface area contributed by atoms with Gasteiger partial charge >= 0.3 is 6.03 Å². The topological polar surface area (TPSA) is 114 Å². The van der Waals surface area contributed by atoms with Gasteiger partial charge in [-0.25, -0.2) is 9.78 Å². The number of imidazole rings is 1. The molecule has 0 atom stereocenters. The highest BCUT2D eigenvalue weighted by Gasteiger charge is 2.18. The lowest BCUT2D eigenvalue weighted by Gasteiger charge is -2.32. The molecular formula is C24H28N8O2. The summed E-state index contributed by atoms with van der Waals surface area (Å²) in [6.07, 6.45) is 1.65. The molecule has 2 aromatic carbocycles. The molecule has 1 aliphatic heterocycles.